The summed E-state index contributed by atoms with van der Waals surface area (Å²) >= 11 is 0. The minimum absolute atomic E-state index is 0.247. The number of rotatable bonds is 5. The van der Waals surface area contributed by atoms with E-state index in [0.29, 0.717) is 6.42 Å². The number of hydrogen-bond acceptors (Lipinski definition) is 3. The molecule has 1 saturated heterocycles. The van der Waals surface area contributed by atoms with Gasteiger partial charge >= 0.3 is 6.03 Å². The number of nitrogens with one attached hydrogen (secondary N) is 2. The van der Waals surface area contributed by atoms with Crippen LogP contribution in [0.5, 0.6) is 0 Å². The Balaban J connectivity index is 1.48. The summed E-state index contributed by atoms with van der Waals surface area (Å²) in [7, 11) is 0. The van der Waals surface area contributed by atoms with Gasteiger partial charge in [-0.05, 0) is 35.9 Å². The average molecular weight is 365 g/mol. The number of aromatic nitrogens is 1. The fourth-order valence-corrected chi connectivity index (χ4v) is 3.26. The van der Waals surface area contributed by atoms with Gasteiger partial charge in [0, 0.05) is 29.1 Å². The highest BCUT2D eigenvalue weighted by atomic mass is 19.1. The van der Waals surface area contributed by atoms with Gasteiger partial charge < -0.3 is 10.3 Å². The lowest BCUT2D eigenvalue weighted by Crippen LogP contribution is -2.36. The lowest BCUT2D eigenvalue weighted by atomic mass is 10.0. The SMILES string of the molecule is O=C(CN1C(=O)N[C@H](Cc2c[nH]c3ccccc23)C1=O)c1ccc(F)cc1. The van der Waals surface area contributed by atoms with Crippen LogP contribution in [0.3, 0.4) is 0 Å². The smallest absolute Gasteiger partial charge is 0.325 e. The van der Waals surface area contributed by atoms with Crippen LogP contribution in [0.1, 0.15) is 15.9 Å². The first-order chi connectivity index (χ1) is 13.0. The number of fused-ring (bicyclic) bond motifs is 1. The average Bonchev–Trinajstić information content (AvgIpc) is 3.19. The summed E-state index contributed by atoms with van der Waals surface area (Å²) in [4.78, 5) is 41.1. The Bertz CT molecular complexity index is 1040. The first-order valence-corrected chi connectivity index (χ1v) is 8.48. The molecule has 3 amide bonds. The van der Waals surface area contributed by atoms with Crippen LogP contribution in [-0.4, -0.2) is 40.2 Å². The predicted octanol–water partition coefficient (Wildman–Crippen LogP) is 2.65. The second kappa shape index (κ2) is 6.68. The number of carbonyl (C=O) groups excluding carboxylic acids is 3. The zero-order chi connectivity index (χ0) is 19.0. The van der Waals surface area contributed by atoms with Crippen molar-refractivity contribution in [1.82, 2.24) is 15.2 Å². The zero-order valence-corrected chi connectivity index (χ0v) is 14.2. The van der Waals surface area contributed by atoms with E-state index in [-0.39, 0.29) is 12.1 Å². The van der Waals surface area contributed by atoms with Gasteiger partial charge in [0.2, 0.25) is 0 Å². The third-order valence-corrected chi connectivity index (χ3v) is 4.67. The molecule has 0 saturated carbocycles. The lowest BCUT2D eigenvalue weighted by molar-refractivity contribution is -0.127. The van der Waals surface area contributed by atoms with Gasteiger partial charge in [0.25, 0.3) is 5.91 Å². The number of imide groups is 1. The van der Waals surface area contributed by atoms with Gasteiger partial charge in [-0.3, -0.25) is 14.5 Å². The van der Waals surface area contributed by atoms with Crippen LogP contribution in [0, 0.1) is 5.82 Å². The van der Waals surface area contributed by atoms with Gasteiger partial charge in [-0.2, -0.15) is 0 Å². The number of hydrogen-bond donors (Lipinski definition) is 2. The minimum Gasteiger partial charge on any atom is -0.361 e. The van der Waals surface area contributed by atoms with Crippen molar-refractivity contribution in [2.24, 2.45) is 0 Å². The van der Waals surface area contributed by atoms with Gasteiger partial charge in [-0.25, -0.2) is 9.18 Å². The Morgan fingerprint density at radius 2 is 1.81 bits per heavy atom. The molecular weight excluding hydrogens is 349 g/mol. The molecule has 7 heteroatoms. The fourth-order valence-electron chi connectivity index (χ4n) is 3.26. The van der Waals surface area contributed by atoms with Crippen LogP contribution < -0.4 is 5.32 Å². The topological polar surface area (TPSA) is 82.3 Å². The highest BCUT2D eigenvalue weighted by Gasteiger charge is 2.39. The van der Waals surface area contributed by atoms with Gasteiger partial charge in [0.1, 0.15) is 11.9 Å². The zero-order valence-electron chi connectivity index (χ0n) is 14.2. The molecule has 0 aliphatic carbocycles. The van der Waals surface area contributed by atoms with Crippen molar-refractivity contribution in [3.63, 3.8) is 0 Å². The second-order valence-electron chi connectivity index (χ2n) is 6.42. The number of benzene rings is 2. The summed E-state index contributed by atoms with van der Waals surface area (Å²) in [6.07, 6.45) is 2.15. The van der Waals surface area contributed by atoms with E-state index in [1.54, 1.807) is 0 Å². The molecule has 0 spiro atoms. The highest BCUT2D eigenvalue weighted by Crippen LogP contribution is 2.21. The van der Waals surface area contributed by atoms with Crippen molar-refractivity contribution < 1.29 is 18.8 Å². The molecule has 1 aliphatic heterocycles. The molecular formula is C20H16FN3O3. The number of halogens is 1. The maximum Gasteiger partial charge on any atom is 0.325 e. The number of ketones is 1. The Hall–Kier alpha value is -3.48. The molecule has 1 fully saturated rings. The highest BCUT2D eigenvalue weighted by molar-refractivity contribution is 6.09. The number of Topliss-reactive ketones (excluding diaryl/α,β-unsaturated/α-hetero) is 1. The first kappa shape index (κ1) is 17.0. The summed E-state index contributed by atoms with van der Waals surface area (Å²) in [5.41, 5.74) is 2.11. The normalized spacial score (nSPS) is 16.8. The quantitative estimate of drug-likeness (QED) is 0.539. The molecule has 4 rings (SSSR count). The molecule has 2 N–H and O–H groups in total. The predicted molar refractivity (Wildman–Crippen MR) is 96.8 cm³/mol. The molecule has 1 aliphatic rings. The Morgan fingerprint density at radius 1 is 1.07 bits per heavy atom. The molecule has 3 aromatic rings. The number of H-pyrrole nitrogens is 1. The van der Waals surface area contributed by atoms with E-state index >= 15 is 0 Å². The Kier molecular flexibility index (Phi) is 4.19. The summed E-state index contributed by atoms with van der Waals surface area (Å²) in [6, 6.07) is 11.4. The molecule has 2 aromatic carbocycles. The maximum atomic E-state index is 13.0. The first-order valence-electron chi connectivity index (χ1n) is 8.48. The fraction of sp³-hybridized carbons (Fsp3) is 0.150. The van der Waals surface area contributed by atoms with E-state index in [2.05, 4.69) is 10.3 Å². The van der Waals surface area contributed by atoms with E-state index in [9.17, 15) is 18.8 Å². The molecule has 6 nitrogen and oxygen atoms in total. The van der Waals surface area contributed by atoms with Crippen molar-refractivity contribution >= 4 is 28.6 Å². The van der Waals surface area contributed by atoms with Crippen molar-refractivity contribution in [1.29, 1.82) is 0 Å². The second-order valence-corrected chi connectivity index (χ2v) is 6.42. The molecule has 0 unspecified atom stereocenters. The van der Waals surface area contributed by atoms with Crippen LogP contribution in [0.4, 0.5) is 9.18 Å². The van der Waals surface area contributed by atoms with Gasteiger partial charge in [0.15, 0.2) is 5.78 Å². The van der Waals surface area contributed by atoms with Crippen LogP contribution in [0.25, 0.3) is 10.9 Å². The molecule has 136 valence electrons. The molecule has 0 radical (unpaired) electrons. The van der Waals surface area contributed by atoms with E-state index in [0.717, 1.165) is 21.4 Å². The van der Waals surface area contributed by atoms with Crippen LogP contribution in [-0.2, 0) is 11.2 Å². The summed E-state index contributed by atoms with van der Waals surface area (Å²) in [5.74, 6) is -1.33. The van der Waals surface area contributed by atoms with E-state index in [1.165, 1.54) is 24.3 Å². The third kappa shape index (κ3) is 3.19. The Labute approximate surface area is 154 Å². The number of urea groups is 1. The monoisotopic (exact) mass is 365 g/mol. The van der Waals surface area contributed by atoms with Crippen molar-refractivity contribution in [2.75, 3.05) is 6.54 Å². The van der Waals surface area contributed by atoms with Crippen molar-refractivity contribution in [3.05, 3.63) is 71.7 Å². The maximum absolute atomic E-state index is 13.0. The van der Waals surface area contributed by atoms with Crippen LogP contribution in [0.15, 0.2) is 54.7 Å². The van der Waals surface area contributed by atoms with Crippen LogP contribution in [0.2, 0.25) is 0 Å². The summed E-state index contributed by atoms with van der Waals surface area (Å²) in [6.45, 7) is -0.374. The largest absolute Gasteiger partial charge is 0.361 e. The number of para-hydroxylation sites is 1. The standard InChI is InChI=1S/C20H16FN3O3/c21-14-7-5-12(6-8-14)18(25)11-24-19(26)17(23-20(24)27)9-13-10-22-16-4-2-1-3-15(13)16/h1-8,10,17,22H,9,11H2,(H,23,27)/t17-/m1/s1. The number of amides is 3. The Morgan fingerprint density at radius 3 is 2.59 bits per heavy atom. The third-order valence-electron chi connectivity index (χ3n) is 4.67. The molecule has 2 heterocycles. The molecule has 0 bridgehead atoms. The minimum atomic E-state index is -0.724. The van der Waals surface area contributed by atoms with Crippen LogP contribution >= 0.6 is 0 Å². The summed E-state index contributed by atoms with van der Waals surface area (Å²) < 4.78 is 13.0. The van der Waals surface area contributed by atoms with Crippen molar-refractivity contribution in [2.45, 2.75) is 12.5 Å². The van der Waals surface area contributed by atoms with E-state index < -0.39 is 29.6 Å². The van der Waals surface area contributed by atoms with Crippen molar-refractivity contribution in [3.8, 4) is 0 Å². The molecule has 27 heavy (non-hydrogen) atoms. The van der Waals surface area contributed by atoms with Gasteiger partial charge in [-0.1, -0.05) is 18.2 Å². The summed E-state index contributed by atoms with van der Waals surface area (Å²) in [5, 5.41) is 3.62. The number of carbonyl (C=O) groups is 3. The lowest BCUT2D eigenvalue weighted by Gasteiger charge is -2.12. The number of nitrogens with zero attached hydrogens (tertiary/aromatic N) is 1. The van der Waals surface area contributed by atoms with E-state index in [1.807, 2.05) is 30.5 Å². The number of aromatic amines is 1. The van der Waals surface area contributed by atoms with E-state index in [4.69, 9.17) is 0 Å². The van der Waals surface area contributed by atoms with Gasteiger partial charge in [-0.15, -0.1) is 0 Å². The molecule has 1 aromatic heterocycles. The molecule has 1 atom stereocenters. The van der Waals surface area contributed by atoms with Gasteiger partial charge in [0.05, 0.1) is 6.54 Å².